The molecule has 0 unspecified atom stereocenters. The molecule has 11 rings (SSSR count). The van der Waals surface area contributed by atoms with Crippen molar-refractivity contribution in [1.82, 2.24) is 9.13 Å². The topological polar surface area (TPSA) is 52.5 Å². The monoisotopic (exact) mass is 694 g/mol. The molecule has 0 aliphatic rings. The van der Waals surface area contributed by atoms with E-state index in [-0.39, 0.29) is 0 Å². The lowest BCUT2D eigenvalue weighted by Crippen LogP contribution is -1.99. The number of furan rings is 1. The van der Waals surface area contributed by atoms with Crippen LogP contribution in [0.1, 0.15) is 0 Å². The van der Waals surface area contributed by atoms with Gasteiger partial charge in [0.05, 0.1) is 27.5 Å². The third-order valence-electron chi connectivity index (χ3n) is 10.8. The molecule has 3 aromatic heterocycles. The minimum atomic E-state index is -0.402. The number of hydrogen-bond donors (Lipinski definition) is 1. The van der Waals surface area contributed by atoms with Gasteiger partial charge in [-0.05, 0) is 113 Å². The Morgan fingerprint density at radius 3 is 1.46 bits per heavy atom. The number of benzene rings is 8. The SMILES string of the molecule is OBOc1cccc2oc3ccc(-c4ccc5c(c4)c4cc(-c6ccc7c(c6)c6ccccc6n7-c6ccccc6)ccc4n5-c4ccccc4)cc3c12. The Morgan fingerprint density at radius 2 is 0.889 bits per heavy atom. The first-order valence-corrected chi connectivity index (χ1v) is 18.2. The molecule has 254 valence electrons. The molecular formula is C48H31BN2O3. The number of aromatic nitrogens is 2. The summed E-state index contributed by atoms with van der Waals surface area (Å²) in [4.78, 5) is 0. The molecule has 0 radical (unpaired) electrons. The molecule has 0 fully saturated rings. The van der Waals surface area contributed by atoms with Crippen molar-refractivity contribution in [3.05, 3.63) is 176 Å². The van der Waals surface area contributed by atoms with Crippen LogP contribution >= 0.6 is 0 Å². The lowest BCUT2D eigenvalue weighted by molar-refractivity contribution is 0.456. The van der Waals surface area contributed by atoms with Crippen LogP contribution in [0.4, 0.5) is 0 Å². The quantitative estimate of drug-likeness (QED) is 0.176. The van der Waals surface area contributed by atoms with Crippen molar-refractivity contribution in [3.63, 3.8) is 0 Å². The van der Waals surface area contributed by atoms with Gasteiger partial charge in [0.15, 0.2) is 0 Å². The van der Waals surface area contributed by atoms with Crippen LogP contribution in [0.15, 0.2) is 180 Å². The highest BCUT2D eigenvalue weighted by molar-refractivity contribution is 6.19. The van der Waals surface area contributed by atoms with Crippen LogP contribution in [0.2, 0.25) is 0 Å². The van der Waals surface area contributed by atoms with E-state index in [2.05, 4.69) is 161 Å². The van der Waals surface area contributed by atoms with E-state index >= 15 is 0 Å². The van der Waals surface area contributed by atoms with E-state index < -0.39 is 7.69 Å². The van der Waals surface area contributed by atoms with Crippen LogP contribution in [-0.4, -0.2) is 21.8 Å². The van der Waals surface area contributed by atoms with E-state index in [9.17, 15) is 5.02 Å². The second-order valence-corrected chi connectivity index (χ2v) is 13.8. The number of para-hydroxylation sites is 3. The lowest BCUT2D eigenvalue weighted by Gasteiger charge is -2.09. The lowest BCUT2D eigenvalue weighted by atomic mass is 9.98. The molecule has 1 N–H and O–H groups in total. The van der Waals surface area contributed by atoms with Crippen molar-refractivity contribution >= 4 is 73.2 Å². The highest BCUT2D eigenvalue weighted by atomic mass is 16.5. The van der Waals surface area contributed by atoms with Crippen molar-refractivity contribution in [2.75, 3.05) is 0 Å². The maximum atomic E-state index is 9.56. The standard InChI is InChI=1S/C48H31BN2O3/c52-49-54-47-17-9-16-46-48(47)40-29-33(21-25-45(40)53-46)32-20-24-44-39(28-32)38-27-31(19-23-43(38)51(44)35-12-5-2-6-13-35)30-18-22-42-37(26-30)36-14-7-8-15-41(36)50(42)34-10-3-1-4-11-34/h1-29,49,52H. The summed E-state index contributed by atoms with van der Waals surface area (Å²) in [5, 5.41) is 16.2. The first-order valence-electron chi connectivity index (χ1n) is 18.2. The Bertz CT molecular complexity index is 3230. The molecule has 0 saturated heterocycles. The van der Waals surface area contributed by atoms with E-state index in [0.717, 1.165) is 55.5 Å². The van der Waals surface area contributed by atoms with Crippen LogP contribution in [-0.2, 0) is 0 Å². The largest absolute Gasteiger partial charge is 0.538 e. The third kappa shape index (κ3) is 4.64. The Labute approximate surface area is 310 Å². The van der Waals surface area contributed by atoms with Gasteiger partial charge in [0.2, 0.25) is 0 Å². The minimum Gasteiger partial charge on any atom is -0.538 e. The second-order valence-electron chi connectivity index (χ2n) is 13.8. The van der Waals surface area contributed by atoms with Crippen LogP contribution in [0.3, 0.4) is 0 Å². The van der Waals surface area contributed by atoms with Gasteiger partial charge in [-0.1, -0.05) is 84.9 Å². The van der Waals surface area contributed by atoms with Gasteiger partial charge in [0.1, 0.15) is 16.9 Å². The molecular weight excluding hydrogens is 663 g/mol. The molecule has 54 heavy (non-hydrogen) atoms. The van der Waals surface area contributed by atoms with Gasteiger partial charge < -0.3 is 23.2 Å². The molecule has 0 bridgehead atoms. The summed E-state index contributed by atoms with van der Waals surface area (Å²) in [5.41, 5.74) is 13.0. The van der Waals surface area contributed by atoms with E-state index in [1.165, 1.54) is 43.7 Å². The van der Waals surface area contributed by atoms with Gasteiger partial charge in [0.25, 0.3) is 0 Å². The highest BCUT2D eigenvalue weighted by Gasteiger charge is 2.18. The van der Waals surface area contributed by atoms with Crippen molar-refractivity contribution in [3.8, 4) is 39.4 Å². The molecule has 11 aromatic rings. The molecule has 3 heterocycles. The number of nitrogens with zero attached hydrogens (tertiary/aromatic N) is 2. The summed E-state index contributed by atoms with van der Waals surface area (Å²) in [6.45, 7) is 0. The smallest absolute Gasteiger partial charge is 0.504 e. The molecule has 0 amide bonds. The van der Waals surface area contributed by atoms with Crippen LogP contribution in [0, 0.1) is 0 Å². The molecule has 0 saturated carbocycles. The molecule has 0 aliphatic carbocycles. The van der Waals surface area contributed by atoms with E-state index in [0.29, 0.717) is 5.75 Å². The average Bonchev–Trinajstić information content (AvgIpc) is 3.88. The Hall–Kier alpha value is -7.02. The normalized spacial score (nSPS) is 11.8. The summed E-state index contributed by atoms with van der Waals surface area (Å²) < 4.78 is 16.5. The Morgan fingerprint density at radius 1 is 0.407 bits per heavy atom. The van der Waals surface area contributed by atoms with Crippen molar-refractivity contribution in [2.45, 2.75) is 0 Å². The van der Waals surface area contributed by atoms with Crippen LogP contribution in [0.5, 0.6) is 5.75 Å². The van der Waals surface area contributed by atoms with Gasteiger partial charge in [0, 0.05) is 38.3 Å². The van der Waals surface area contributed by atoms with E-state index in [1.54, 1.807) is 0 Å². The van der Waals surface area contributed by atoms with Crippen molar-refractivity contribution < 1.29 is 14.1 Å². The van der Waals surface area contributed by atoms with Crippen molar-refractivity contribution in [2.24, 2.45) is 0 Å². The third-order valence-corrected chi connectivity index (χ3v) is 10.8. The highest BCUT2D eigenvalue weighted by Crippen LogP contribution is 2.41. The van der Waals surface area contributed by atoms with E-state index in [1.807, 2.05) is 24.3 Å². The van der Waals surface area contributed by atoms with Gasteiger partial charge in [-0.25, -0.2) is 0 Å². The summed E-state index contributed by atoms with van der Waals surface area (Å²) in [5.74, 6) is 0.600. The van der Waals surface area contributed by atoms with E-state index in [4.69, 9.17) is 9.07 Å². The predicted octanol–water partition coefficient (Wildman–Crippen LogP) is 11.8. The molecule has 0 spiro atoms. The van der Waals surface area contributed by atoms with Gasteiger partial charge >= 0.3 is 7.69 Å². The maximum Gasteiger partial charge on any atom is 0.504 e. The fourth-order valence-electron chi connectivity index (χ4n) is 8.41. The number of fused-ring (bicyclic) bond motifs is 9. The molecule has 5 nitrogen and oxygen atoms in total. The van der Waals surface area contributed by atoms with Crippen molar-refractivity contribution in [1.29, 1.82) is 0 Å². The summed E-state index contributed by atoms with van der Waals surface area (Å²) in [6, 6.07) is 62.3. The summed E-state index contributed by atoms with van der Waals surface area (Å²) in [7, 11) is -0.402. The Balaban J connectivity index is 1.11. The zero-order chi connectivity index (χ0) is 35.8. The van der Waals surface area contributed by atoms with Gasteiger partial charge in [-0.15, -0.1) is 0 Å². The maximum absolute atomic E-state index is 9.56. The molecule has 8 aromatic carbocycles. The number of rotatable bonds is 6. The zero-order valence-electron chi connectivity index (χ0n) is 29.1. The fourth-order valence-corrected chi connectivity index (χ4v) is 8.41. The zero-order valence-corrected chi connectivity index (χ0v) is 29.1. The first-order chi connectivity index (χ1) is 26.7. The molecule has 0 aliphatic heterocycles. The molecule has 6 heteroatoms. The summed E-state index contributed by atoms with van der Waals surface area (Å²) >= 11 is 0. The first kappa shape index (κ1) is 30.6. The predicted molar refractivity (Wildman–Crippen MR) is 223 cm³/mol. The van der Waals surface area contributed by atoms with Gasteiger partial charge in [-0.3, -0.25) is 0 Å². The number of hydrogen-bond acceptors (Lipinski definition) is 3. The minimum absolute atomic E-state index is 0.402. The average molecular weight is 695 g/mol. The summed E-state index contributed by atoms with van der Waals surface area (Å²) in [6.07, 6.45) is 0. The van der Waals surface area contributed by atoms with Crippen LogP contribution in [0.25, 0.3) is 99.2 Å². The second kappa shape index (κ2) is 12.0. The van der Waals surface area contributed by atoms with Gasteiger partial charge in [-0.2, -0.15) is 0 Å². The Kier molecular flexibility index (Phi) is 6.81. The molecule has 0 atom stereocenters. The fraction of sp³-hybridized carbons (Fsp3) is 0. The van der Waals surface area contributed by atoms with Crippen LogP contribution < -0.4 is 4.65 Å².